The molecule has 0 saturated carbocycles. The Labute approximate surface area is 254 Å². The summed E-state index contributed by atoms with van der Waals surface area (Å²) >= 11 is 6.04. The van der Waals surface area contributed by atoms with Crippen LogP contribution in [0.5, 0.6) is 0 Å². The lowest BCUT2D eigenvalue weighted by Crippen LogP contribution is -2.60. The van der Waals surface area contributed by atoms with E-state index >= 15 is 0 Å². The van der Waals surface area contributed by atoms with Gasteiger partial charge in [-0.2, -0.15) is 4.31 Å². The van der Waals surface area contributed by atoms with Gasteiger partial charge in [-0.3, -0.25) is 15.2 Å². The van der Waals surface area contributed by atoms with Gasteiger partial charge in [0.15, 0.2) is 0 Å². The number of pyridine rings is 1. The molecular formula is C30H31ClN6O5S. The second-order valence-electron chi connectivity index (χ2n) is 10.3. The van der Waals surface area contributed by atoms with Crippen LogP contribution in [0.15, 0.2) is 78.0 Å². The minimum absolute atomic E-state index is 0.0699. The summed E-state index contributed by atoms with van der Waals surface area (Å²) in [5.74, 6) is -0.913. The molecule has 0 radical (unpaired) electrons. The molecule has 13 heteroatoms. The van der Waals surface area contributed by atoms with Gasteiger partial charge in [0.1, 0.15) is 16.9 Å². The quantitative estimate of drug-likeness (QED) is 0.166. The zero-order valence-corrected chi connectivity index (χ0v) is 25.2. The van der Waals surface area contributed by atoms with Gasteiger partial charge in [0.2, 0.25) is 5.91 Å². The van der Waals surface area contributed by atoms with E-state index in [1.165, 1.54) is 18.1 Å². The zero-order chi connectivity index (χ0) is 30.7. The average Bonchev–Trinajstić information content (AvgIpc) is 3.45. The fraction of sp³-hybridized carbons (Fsp3) is 0.267. The third-order valence-electron chi connectivity index (χ3n) is 7.43. The molecule has 1 saturated heterocycles. The smallest absolute Gasteiger partial charge is 0.329 e. The molecule has 43 heavy (non-hydrogen) atoms. The zero-order valence-electron chi connectivity index (χ0n) is 23.7. The van der Waals surface area contributed by atoms with Crippen LogP contribution in [0.1, 0.15) is 16.8 Å². The van der Waals surface area contributed by atoms with E-state index in [-0.39, 0.29) is 18.1 Å². The van der Waals surface area contributed by atoms with E-state index in [2.05, 4.69) is 9.97 Å². The minimum Gasteiger partial charge on any atom is -0.467 e. The molecule has 4 aromatic rings. The highest BCUT2D eigenvalue weighted by Gasteiger charge is 2.42. The number of fused-ring (bicyclic) bond motifs is 1. The fourth-order valence-electron chi connectivity index (χ4n) is 4.97. The molecule has 0 bridgehead atoms. The summed E-state index contributed by atoms with van der Waals surface area (Å²) in [6.45, 7) is -0.0107. The number of sulfonamides is 1. The number of aromatic amines is 1. The van der Waals surface area contributed by atoms with Crippen LogP contribution in [0.25, 0.3) is 10.9 Å². The molecule has 1 fully saturated rings. The molecular weight excluding hydrogens is 592 g/mol. The lowest BCUT2D eigenvalue weighted by molar-refractivity contribution is -0.157. The van der Waals surface area contributed by atoms with Crippen molar-refractivity contribution in [3.05, 3.63) is 94.8 Å². The number of aromatic nitrogens is 2. The third kappa shape index (κ3) is 6.56. The van der Waals surface area contributed by atoms with Gasteiger partial charge in [0.25, 0.3) is 10.0 Å². The molecule has 1 atom stereocenters. The molecule has 1 amide bonds. The van der Waals surface area contributed by atoms with Crippen molar-refractivity contribution in [2.75, 3.05) is 33.8 Å². The molecule has 5 rings (SSSR count). The molecule has 0 aliphatic carbocycles. The number of amides is 1. The summed E-state index contributed by atoms with van der Waals surface area (Å²) in [6, 6.07) is 18.2. The number of hydrogen-bond donors (Lipinski definition) is 2. The Morgan fingerprint density at radius 3 is 2.63 bits per heavy atom. The highest BCUT2D eigenvalue weighted by atomic mass is 35.5. The Bertz CT molecular complexity index is 1760. The molecule has 1 aliphatic rings. The minimum atomic E-state index is -4.14. The molecule has 0 spiro atoms. The maximum atomic E-state index is 13.5. The SMILES string of the molecule is COC(=O)[C@H]1CN(S(=O)(=O)c2cc3cc(Cl)ccc3[nH]2)CC(=O)N1Cc1ccc(C(=N)N(C)CCc2ccccn2)cc1. The van der Waals surface area contributed by atoms with Gasteiger partial charge in [-0.15, -0.1) is 0 Å². The topological polar surface area (TPSA) is 140 Å². The van der Waals surface area contributed by atoms with Crippen LogP contribution >= 0.6 is 11.6 Å². The van der Waals surface area contributed by atoms with Gasteiger partial charge in [0.05, 0.1) is 13.7 Å². The molecule has 3 heterocycles. The fourth-order valence-corrected chi connectivity index (χ4v) is 6.56. The first-order chi connectivity index (χ1) is 20.6. The number of amidine groups is 1. The molecule has 2 aromatic carbocycles. The summed E-state index contributed by atoms with van der Waals surface area (Å²) in [7, 11) is -1.10. The number of carbonyl (C=O) groups excluding carboxylic acids is 2. The van der Waals surface area contributed by atoms with Crippen molar-refractivity contribution in [3.63, 3.8) is 0 Å². The summed E-state index contributed by atoms with van der Waals surface area (Å²) < 4.78 is 32.9. The number of methoxy groups -OCH3 is 1. The number of benzene rings is 2. The van der Waals surface area contributed by atoms with Crippen molar-refractivity contribution >= 4 is 50.2 Å². The number of esters is 1. The predicted octanol–water partition coefficient (Wildman–Crippen LogP) is 3.29. The average molecular weight is 623 g/mol. The number of nitrogens with zero attached hydrogens (tertiary/aromatic N) is 4. The van der Waals surface area contributed by atoms with Crippen LogP contribution in [0, 0.1) is 5.41 Å². The Balaban J connectivity index is 1.28. The van der Waals surface area contributed by atoms with Crippen LogP contribution in [-0.4, -0.2) is 90.0 Å². The summed E-state index contributed by atoms with van der Waals surface area (Å²) in [5, 5.41) is 9.55. The van der Waals surface area contributed by atoms with E-state index in [0.717, 1.165) is 15.6 Å². The normalized spacial score (nSPS) is 15.9. The van der Waals surface area contributed by atoms with E-state index in [9.17, 15) is 18.0 Å². The number of nitrogens with one attached hydrogen (secondary N) is 2. The van der Waals surface area contributed by atoms with Crippen molar-refractivity contribution in [1.29, 1.82) is 5.41 Å². The number of carbonyl (C=O) groups is 2. The van der Waals surface area contributed by atoms with E-state index in [4.69, 9.17) is 21.7 Å². The Morgan fingerprint density at radius 2 is 1.93 bits per heavy atom. The lowest BCUT2D eigenvalue weighted by atomic mass is 10.1. The maximum absolute atomic E-state index is 13.5. The second kappa shape index (κ2) is 12.5. The summed E-state index contributed by atoms with van der Waals surface area (Å²) in [5.41, 5.74) is 2.94. The number of likely N-dealkylation sites (N-methyl/N-ethyl adjacent to an activating group) is 1. The molecule has 0 unspecified atom stereocenters. The Kier molecular flexibility index (Phi) is 8.81. The van der Waals surface area contributed by atoms with Crippen molar-refractivity contribution < 1.29 is 22.7 Å². The van der Waals surface area contributed by atoms with E-state index in [0.29, 0.717) is 40.3 Å². The van der Waals surface area contributed by atoms with Gasteiger partial charge >= 0.3 is 5.97 Å². The number of H-pyrrole nitrogens is 1. The summed E-state index contributed by atoms with van der Waals surface area (Å²) in [6.07, 6.45) is 2.44. The van der Waals surface area contributed by atoms with E-state index in [1.54, 1.807) is 48.7 Å². The largest absolute Gasteiger partial charge is 0.467 e. The standard InChI is InChI=1S/C30H31ClN6O5S/c1-35(14-12-24-5-3-4-13-33-24)29(32)21-8-6-20(7-9-21)17-37-26(30(39)42-2)18-36(19-28(37)38)43(40,41)27-16-22-15-23(31)10-11-25(22)34-27/h3-11,13,15-16,26,32,34H,12,14,17-19H2,1-2H3/t26-/m1/s1. The third-order valence-corrected chi connectivity index (χ3v) is 9.39. The molecule has 2 aromatic heterocycles. The molecule has 2 N–H and O–H groups in total. The van der Waals surface area contributed by atoms with Crippen molar-refractivity contribution in [2.24, 2.45) is 0 Å². The monoisotopic (exact) mass is 622 g/mol. The van der Waals surface area contributed by atoms with E-state index < -0.39 is 34.5 Å². The van der Waals surface area contributed by atoms with E-state index in [1.807, 2.05) is 30.1 Å². The molecule has 11 nitrogen and oxygen atoms in total. The number of hydrogen-bond acceptors (Lipinski definition) is 7. The number of halogens is 1. The number of ether oxygens (including phenoxy) is 1. The first-order valence-electron chi connectivity index (χ1n) is 13.5. The van der Waals surface area contributed by atoms with Crippen LogP contribution in [0.2, 0.25) is 5.02 Å². The van der Waals surface area contributed by atoms with Gasteiger partial charge in [-0.1, -0.05) is 41.9 Å². The highest BCUT2D eigenvalue weighted by Crippen LogP contribution is 2.27. The van der Waals surface area contributed by atoms with Crippen molar-refractivity contribution in [3.8, 4) is 0 Å². The number of piperazine rings is 1. The predicted molar refractivity (Wildman–Crippen MR) is 162 cm³/mol. The van der Waals surface area contributed by atoms with Gasteiger partial charge in [-0.25, -0.2) is 13.2 Å². The van der Waals surface area contributed by atoms with Gasteiger partial charge in [0, 0.05) is 66.5 Å². The first kappa shape index (κ1) is 30.2. The van der Waals surface area contributed by atoms with Crippen molar-refractivity contribution in [1.82, 2.24) is 24.1 Å². The van der Waals surface area contributed by atoms with Gasteiger partial charge in [-0.05, 0) is 42.0 Å². The van der Waals surface area contributed by atoms with Gasteiger partial charge < -0.3 is 19.5 Å². The Morgan fingerprint density at radius 1 is 1.16 bits per heavy atom. The van der Waals surface area contributed by atoms with Crippen LogP contribution < -0.4 is 0 Å². The first-order valence-corrected chi connectivity index (χ1v) is 15.3. The lowest BCUT2D eigenvalue weighted by Gasteiger charge is -2.38. The number of rotatable bonds is 9. The highest BCUT2D eigenvalue weighted by molar-refractivity contribution is 7.89. The molecule has 1 aliphatic heterocycles. The molecule has 224 valence electrons. The maximum Gasteiger partial charge on any atom is 0.329 e. The van der Waals surface area contributed by atoms with Crippen LogP contribution in [0.4, 0.5) is 0 Å². The Hall–Kier alpha value is -4.26. The summed E-state index contributed by atoms with van der Waals surface area (Å²) in [4.78, 5) is 36.5. The van der Waals surface area contributed by atoms with Crippen LogP contribution in [-0.2, 0) is 37.3 Å². The van der Waals surface area contributed by atoms with Crippen molar-refractivity contribution in [2.45, 2.75) is 24.0 Å². The second-order valence-corrected chi connectivity index (χ2v) is 12.6. The van der Waals surface area contributed by atoms with Crippen LogP contribution in [0.3, 0.4) is 0 Å².